The summed E-state index contributed by atoms with van der Waals surface area (Å²) in [6, 6.07) is 3.52. The van der Waals surface area contributed by atoms with Crippen molar-refractivity contribution in [3.63, 3.8) is 0 Å². The molecule has 1 aromatic rings. The van der Waals surface area contributed by atoms with Crippen LogP contribution in [0.1, 0.15) is 31.4 Å². The molecule has 0 bridgehead atoms. The number of rotatable bonds is 3. The molecule has 1 atom stereocenters. The van der Waals surface area contributed by atoms with Gasteiger partial charge in [0.25, 0.3) is 0 Å². The fourth-order valence-corrected chi connectivity index (χ4v) is 2.58. The molecule has 98 valence electrons. The van der Waals surface area contributed by atoms with Gasteiger partial charge in [0.1, 0.15) is 6.04 Å². The first-order valence-corrected chi connectivity index (χ1v) is 7.03. The Kier molecular flexibility index (Phi) is 4.72. The van der Waals surface area contributed by atoms with E-state index in [1.807, 2.05) is 17.0 Å². The average molecular weight is 313 g/mol. The Hall–Kier alpha value is -0.940. The Morgan fingerprint density at radius 1 is 1.44 bits per heavy atom. The molecule has 5 heteroatoms. The number of likely N-dealkylation sites (tertiary alicyclic amines) is 1. The summed E-state index contributed by atoms with van der Waals surface area (Å²) in [7, 11) is 0. The van der Waals surface area contributed by atoms with Crippen molar-refractivity contribution >= 4 is 21.9 Å². The number of halogens is 1. The zero-order valence-corrected chi connectivity index (χ0v) is 11.8. The van der Waals surface area contributed by atoms with Gasteiger partial charge >= 0.3 is 5.97 Å². The highest BCUT2D eigenvalue weighted by atomic mass is 79.9. The largest absolute Gasteiger partial charge is 0.480 e. The number of pyridine rings is 1. The molecule has 18 heavy (non-hydrogen) atoms. The molecule has 0 aromatic carbocycles. The minimum Gasteiger partial charge on any atom is -0.480 e. The lowest BCUT2D eigenvalue weighted by Crippen LogP contribution is -2.40. The third-order valence-corrected chi connectivity index (χ3v) is 3.77. The van der Waals surface area contributed by atoms with Gasteiger partial charge in [0, 0.05) is 17.2 Å². The lowest BCUT2D eigenvalue weighted by molar-refractivity contribution is -0.143. The molecule has 2 heterocycles. The van der Waals surface area contributed by atoms with Gasteiger partial charge in [-0.15, -0.1) is 0 Å². The maximum absolute atomic E-state index is 11.3. The Morgan fingerprint density at radius 2 is 2.28 bits per heavy atom. The summed E-state index contributed by atoms with van der Waals surface area (Å²) in [5, 5.41) is 9.29. The Morgan fingerprint density at radius 3 is 2.94 bits per heavy atom. The van der Waals surface area contributed by atoms with Crippen molar-refractivity contribution in [2.75, 3.05) is 6.54 Å². The van der Waals surface area contributed by atoms with E-state index in [4.69, 9.17) is 0 Å². The number of aromatic nitrogens is 1. The number of nitrogens with zero attached hydrogens (tertiary/aromatic N) is 2. The van der Waals surface area contributed by atoms with E-state index in [2.05, 4.69) is 20.9 Å². The number of carbonyl (C=O) groups is 1. The van der Waals surface area contributed by atoms with Gasteiger partial charge in [-0.2, -0.15) is 0 Å². The number of carboxylic acid groups (broad SMARTS) is 1. The molecule has 4 nitrogen and oxygen atoms in total. The second-order valence-electron chi connectivity index (χ2n) is 4.64. The molecule has 2 rings (SSSR count). The number of hydrogen-bond acceptors (Lipinski definition) is 3. The molecule has 1 aliphatic rings. The fourth-order valence-electron chi connectivity index (χ4n) is 2.34. The van der Waals surface area contributed by atoms with Crippen LogP contribution in [0.15, 0.2) is 22.8 Å². The van der Waals surface area contributed by atoms with Crippen LogP contribution >= 0.6 is 15.9 Å². The van der Waals surface area contributed by atoms with Crippen molar-refractivity contribution in [2.45, 2.75) is 38.3 Å². The standard InChI is InChI=1S/C13H17BrN2O2/c14-10-5-6-11(15-8-10)9-16-7-3-1-2-4-12(16)13(17)18/h5-6,8,12H,1-4,7,9H2,(H,17,18). The highest BCUT2D eigenvalue weighted by Gasteiger charge is 2.27. The van der Waals surface area contributed by atoms with Crippen molar-refractivity contribution in [1.82, 2.24) is 9.88 Å². The summed E-state index contributed by atoms with van der Waals surface area (Å²) in [5.41, 5.74) is 0.923. The van der Waals surface area contributed by atoms with Crippen molar-refractivity contribution in [3.8, 4) is 0 Å². The van der Waals surface area contributed by atoms with Crippen molar-refractivity contribution in [3.05, 3.63) is 28.5 Å². The summed E-state index contributed by atoms with van der Waals surface area (Å²) in [6.45, 7) is 1.46. The van der Waals surface area contributed by atoms with Crippen molar-refractivity contribution in [2.24, 2.45) is 0 Å². The van der Waals surface area contributed by atoms with Gasteiger partial charge in [0.2, 0.25) is 0 Å². The van der Waals surface area contributed by atoms with Gasteiger partial charge in [-0.3, -0.25) is 14.7 Å². The summed E-state index contributed by atoms with van der Waals surface area (Å²) in [4.78, 5) is 17.6. The van der Waals surface area contributed by atoms with Crippen LogP contribution in [-0.4, -0.2) is 33.5 Å². The third-order valence-electron chi connectivity index (χ3n) is 3.30. The molecule has 1 aliphatic heterocycles. The normalized spacial score (nSPS) is 21.5. The van der Waals surface area contributed by atoms with Crippen LogP contribution in [0.5, 0.6) is 0 Å². The first-order chi connectivity index (χ1) is 8.66. The van der Waals surface area contributed by atoms with Crippen LogP contribution in [0, 0.1) is 0 Å². The third kappa shape index (κ3) is 3.53. The number of carboxylic acids is 1. The molecular weight excluding hydrogens is 296 g/mol. The summed E-state index contributed by atoms with van der Waals surface area (Å²) in [5.74, 6) is -0.714. The Balaban J connectivity index is 2.08. The maximum Gasteiger partial charge on any atom is 0.320 e. The van der Waals surface area contributed by atoms with Gasteiger partial charge in [-0.05, 0) is 47.4 Å². The molecular formula is C13H17BrN2O2. The number of aliphatic carboxylic acids is 1. The summed E-state index contributed by atoms with van der Waals surface area (Å²) < 4.78 is 0.942. The van der Waals surface area contributed by atoms with Gasteiger partial charge < -0.3 is 5.11 Å². The molecule has 1 fully saturated rings. The van der Waals surface area contributed by atoms with Crippen LogP contribution in [0.2, 0.25) is 0 Å². The first-order valence-electron chi connectivity index (χ1n) is 6.24. The van der Waals surface area contributed by atoms with Crippen molar-refractivity contribution < 1.29 is 9.90 Å². The lowest BCUT2D eigenvalue weighted by Gasteiger charge is -2.26. The average Bonchev–Trinajstić information content (AvgIpc) is 2.57. The monoisotopic (exact) mass is 312 g/mol. The zero-order chi connectivity index (χ0) is 13.0. The Bertz CT molecular complexity index is 408. The SMILES string of the molecule is O=C(O)C1CCCCCN1Cc1ccc(Br)cn1. The minimum atomic E-state index is -0.714. The van der Waals surface area contributed by atoms with Crippen LogP contribution in [0.4, 0.5) is 0 Å². The highest BCUT2D eigenvalue weighted by molar-refractivity contribution is 9.10. The summed E-state index contributed by atoms with van der Waals surface area (Å²) >= 11 is 3.35. The topological polar surface area (TPSA) is 53.4 Å². The minimum absolute atomic E-state index is 0.363. The van der Waals surface area contributed by atoms with Crippen molar-refractivity contribution in [1.29, 1.82) is 0 Å². The molecule has 1 saturated heterocycles. The predicted molar refractivity (Wildman–Crippen MR) is 72.2 cm³/mol. The van der Waals surface area contributed by atoms with Gasteiger partial charge in [0.05, 0.1) is 5.69 Å². The second-order valence-corrected chi connectivity index (χ2v) is 5.56. The molecule has 0 spiro atoms. The molecule has 1 unspecified atom stereocenters. The maximum atomic E-state index is 11.3. The van der Waals surface area contributed by atoms with Crippen LogP contribution in [0.25, 0.3) is 0 Å². The molecule has 1 aromatic heterocycles. The Labute approximate surface area is 115 Å². The molecule has 1 N–H and O–H groups in total. The van der Waals surface area contributed by atoms with E-state index in [-0.39, 0.29) is 6.04 Å². The van der Waals surface area contributed by atoms with Crippen LogP contribution in [0.3, 0.4) is 0 Å². The van der Waals surface area contributed by atoms with E-state index in [0.29, 0.717) is 6.54 Å². The quantitative estimate of drug-likeness (QED) is 0.932. The second kappa shape index (κ2) is 6.29. The van der Waals surface area contributed by atoms with E-state index in [1.165, 1.54) is 0 Å². The van der Waals surface area contributed by atoms with E-state index >= 15 is 0 Å². The molecule has 0 radical (unpaired) electrons. The smallest absolute Gasteiger partial charge is 0.320 e. The van der Waals surface area contributed by atoms with Gasteiger partial charge in [-0.1, -0.05) is 12.8 Å². The molecule has 0 saturated carbocycles. The van der Waals surface area contributed by atoms with Crippen LogP contribution < -0.4 is 0 Å². The van der Waals surface area contributed by atoms with E-state index < -0.39 is 5.97 Å². The van der Waals surface area contributed by atoms with Gasteiger partial charge in [-0.25, -0.2) is 0 Å². The van der Waals surface area contributed by atoms with Crippen LogP contribution in [-0.2, 0) is 11.3 Å². The van der Waals surface area contributed by atoms with Gasteiger partial charge in [0.15, 0.2) is 0 Å². The predicted octanol–water partition coefficient (Wildman–Crippen LogP) is 2.67. The first kappa shape index (κ1) is 13.5. The fraction of sp³-hybridized carbons (Fsp3) is 0.538. The van der Waals surface area contributed by atoms with E-state index in [9.17, 15) is 9.90 Å². The summed E-state index contributed by atoms with van der Waals surface area (Å²) in [6.07, 6.45) is 5.68. The molecule has 0 amide bonds. The number of hydrogen-bond donors (Lipinski definition) is 1. The zero-order valence-electron chi connectivity index (χ0n) is 10.2. The molecule has 0 aliphatic carbocycles. The lowest BCUT2D eigenvalue weighted by atomic mass is 10.1. The van der Waals surface area contributed by atoms with E-state index in [1.54, 1.807) is 6.20 Å². The highest BCUT2D eigenvalue weighted by Crippen LogP contribution is 2.19. The van der Waals surface area contributed by atoms with E-state index in [0.717, 1.165) is 42.4 Å².